The summed E-state index contributed by atoms with van der Waals surface area (Å²) in [6.45, 7) is 1.62. The number of carbonyl (C=O) groups excluding carboxylic acids is 1. The van der Waals surface area contributed by atoms with Crippen molar-refractivity contribution in [3.05, 3.63) is 83.4 Å². The van der Waals surface area contributed by atoms with Crippen molar-refractivity contribution >= 4 is 16.7 Å². The summed E-state index contributed by atoms with van der Waals surface area (Å²) in [7, 11) is 0. The van der Waals surface area contributed by atoms with Gasteiger partial charge in [0, 0.05) is 24.1 Å². The highest BCUT2D eigenvalue weighted by molar-refractivity contribution is 5.96. The van der Waals surface area contributed by atoms with Crippen LogP contribution in [-0.4, -0.2) is 19.0 Å². The van der Waals surface area contributed by atoms with E-state index in [1.54, 1.807) is 0 Å². The molecule has 1 aliphatic rings. The Bertz CT molecular complexity index is 892. The standard InChI is InChI=1S/C20H18N2O/c21-19(23)16-9-3-4-10-18(16)20(12-22-13-20)17-11-5-7-14-6-1-2-8-15(14)17/h1-11,22H,12-13H2,(H2,21,23). The molecule has 0 bridgehead atoms. The Morgan fingerprint density at radius 1 is 0.870 bits per heavy atom. The number of fused-ring (bicyclic) bond motifs is 1. The Hall–Kier alpha value is -2.65. The van der Waals surface area contributed by atoms with Crippen molar-refractivity contribution in [3.63, 3.8) is 0 Å². The van der Waals surface area contributed by atoms with Crippen LogP contribution < -0.4 is 11.1 Å². The summed E-state index contributed by atoms with van der Waals surface area (Å²) in [6, 6.07) is 22.5. The van der Waals surface area contributed by atoms with Gasteiger partial charge in [-0.15, -0.1) is 0 Å². The van der Waals surface area contributed by atoms with Crippen molar-refractivity contribution < 1.29 is 4.79 Å². The van der Waals surface area contributed by atoms with E-state index in [1.807, 2.05) is 24.3 Å². The maximum absolute atomic E-state index is 11.9. The van der Waals surface area contributed by atoms with Crippen LogP contribution in [0, 0.1) is 0 Å². The quantitative estimate of drug-likeness (QED) is 0.781. The van der Waals surface area contributed by atoms with Crippen LogP contribution >= 0.6 is 0 Å². The molecule has 0 aromatic heterocycles. The Morgan fingerprint density at radius 2 is 1.52 bits per heavy atom. The van der Waals surface area contributed by atoms with Crippen molar-refractivity contribution in [2.75, 3.05) is 13.1 Å². The van der Waals surface area contributed by atoms with Crippen LogP contribution in [0.4, 0.5) is 0 Å². The summed E-state index contributed by atoms with van der Waals surface area (Å²) in [5.74, 6) is -0.368. The van der Waals surface area contributed by atoms with Gasteiger partial charge in [-0.1, -0.05) is 60.7 Å². The zero-order valence-corrected chi connectivity index (χ0v) is 12.8. The first-order valence-corrected chi connectivity index (χ1v) is 7.81. The lowest BCUT2D eigenvalue weighted by Gasteiger charge is -2.45. The zero-order valence-electron chi connectivity index (χ0n) is 12.8. The molecule has 1 heterocycles. The van der Waals surface area contributed by atoms with E-state index in [2.05, 4.69) is 47.8 Å². The minimum Gasteiger partial charge on any atom is -0.366 e. The van der Waals surface area contributed by atoms with Crippen LogP contribution in [0.25, 0.3) is 10.8 Å². The molecule has 3 heteroatoms. The van der Waals surface area contributed by atoms with Crippen molar-refractivity contribution in [1.82, 2.24) is 5.32 Å². The first-order chi connectivity index (χ1) is 11.2. The molecule has 0 radical (unpaired) electrons. The lowest BCUT2D eigenvalue weighted by atomic mass is 9.67. The highest BCUT2D eigenvalue weighted by Crippen LogP contribution is 2.41. The van der Waals surface area contributed by atoms with E-state index >= 15 is 0 Å². The fraction of sp³-hybridized carbons (Fsp3) is 0.150. The van der Waals surface area contributed by atoms with Gasteiger partial charge in [0.05, 0.1) is 0 Å². The molecule has 3 N–H and O–H groups in total. The molecule has 1 saturated heterocycles. The third-order valence-electron chi connectivity index (χ3n) is 4.87. The van der Waals surface area contributed by atoms with Crippen LogP contribution in [0.3, 0.4) is 0 Å². The van der Waals surface area contributed by atoms with E-state index in [1.165, 1.54) is 16.3 Å². The molecule has 3 aromatic rings. The third-order valence-corrected chi connectivity index (χ3v) is 4.87. The summed E-state index contributed by atoms with van der Waals surface area (Å²) in [5.41, 5.74) is 8.30. The Labute approximate surface area is 135 Å². The third kappa shape index (κ3) is 2.05. The van der Waals surface area contributed by atoms with Crippen molar-refractivity contribution in [2.45, 2.75) is 5.41 Å². The van der Waals surface area contributed by atoms with Crippen LogP contribution in [0.15, 0.2) is 66.7 Å². The molecule has 1 aliphatic heterocycles. The van der Waals surface area contributed by atoms with Crippen molar-refractivity contribution in [1.29, 1.82) is 0 Å². The normalized spacial score (nSPS) is 16.0. The lowest BCUT2D eigenvalue weighted by Crippen LogP contribution is -2.58. The second-order valence-electron chi connectivity index (χ2n) is 6.12. The maximum atomic E-state index is 11.9. The van der Waals surface area contributed by atoms with Gasteiger partial charge in [-0.05, 0) is 28.0 Å². The second kappa shape index (κ2) is 5.21. The average molecular weight is 302 g/mol. The Morgan fingerprint density at radius 3 is 2.26 bits per heavy atom. The largest absolute Gasteiger partial charge is 0.366 e. The molecule has 1 amide bonds. The number of primary amides is 1. The molecule has 114 valence electrons. The smallest absolute Gasteiger partial charge is 0.249 e. The van der Waals surface area contributed by atoms with E-state index in [-0.39, 0.29) is 11.3 Å². The van der Waals surface area contributed by atoms with E-state index in [0.717, 1.165) is 18.7 Å². The van der Waals surface area contributed by atoms with Crippen LogP contribution in [0.1, 0.15) is 21.5 Å². The number of nitrogens with one attached hydrogen (secondary N) is 1. The van der Waals surface area contributed by atoms with Gasteiger partial charge in [-0.2, -0.15) is 0 Å². The molecular weight excluding hydrogens is 284 g/mol. The number of amides is 1. The van der Waals surface area contributed by atoms with Gasteiger partial charge in [0.25, 0.3) is 0 Å². The highest BCUT2D eigenvalue weighted by atomic mass is 16.1. The van der Waals surface area contributed by atoms with Crippen molar-refractivity contribution in [3.8, 4) is 0 Å². The number of nitrogens with two attached hydrogens (primary N) is 1. The van der Waals surface area contributed by atoms with Crippen LogP contribution in [0.5, 0.6) is 0 Å². The highest BCUT2D eigenvalue weighted by Gasteiger charge is 2.43. The van der Waals surface area contributed by atoms with Gasteiger partial charge in [0.15, 0.2) is 0 Å². The van der Waals surface area contributed by atoms with Crippen LogP contribution in [-0.2, 0) is 5.41 Å². The minimum atomic E-state index is -0.368. The lowest BCUT2D eigenvalue weighted by molar-refractivity contribution is 0.0997. The van der Waals surface area contributed by atoms with Crippen molar-refractivity contribution in [2.24, 2.45) is 5.73 Å². The molecule has 0 aliphatic carbocycles. The van der Waals surface area contributed by atoms with Gasteiger partial charge in [0.2, 0.25) is 5.91 Å². The SMILES string of the molecule is NC(=O)c1ccccc1C1(c2cccc3ccccc23)CNC1. The number of rotatable bonds is 3. The van der Waals surface area contributed by atoms with E-state index in [0.29, 0.717) is 5.56 Å². The topological polar surface area (TPSA) is 55.1 Å². The molecule has 1 fully saturated rings. The molecule has 0 atom stereocenters. The van der Waals surface area contributed by atoms with Gasteiger partial charge in [-0.3, -0.25) is 4.79 Å². The van der Waals surface area contributed by atoms with E-state index < -0.39 is 0 Å². The summed E-state index contributed by atoms with van der Waals surface area (Å²) >= 11 is 0. The number of carbonyl (C=O) groups is 1. The molecular formula is C20H18N2O. The second-order valence-corrected chi connectivity index (χ2v) is 6.12. The summed E-state index contributed by atoms with van der Waals surface area (Å²) in [4.78, 5) is 11.9. The fourth-order valence-corrected chi connectivity index (χ4v) is 3.66. The number of benzene rings is 3. The summed E-state index contributed by atoms with van der Waals surface area (Å²) in [6.07, 6.45) is 0. The summed E-state index contributed by atoms with van der Waals surface area (Å²) < 4.78 is 0. The molecule has 3 nitrogen and oxygen atoms in total. The molecule has 0 spiro atoms. The first kappa shape index (κ1) is 14.0. The predicted molar refractivity (Wildman–Crippen MR) is 92.6 cm³/mol. The Balaban J connectivity index is 2.00. The molecule has 0 saturated carbocycles. The molecule has 0 unspecified atom stereocenters. The zero-order chi connectivity index (χ0) is 15.9. The fourth-order valence-electron chi connectivity index (χ4n) is 3.66. The molecule has 23 heavy (non-hydrogen) atoms. The number of hydrogen-bond acceptors (Lipinski definition) is 2. The predicted octanol–water partition coefficient (Wildman–Crippen LogP) is 2.83. The maximum Gasteiger partial charge on any atom is 0.249 e. The summed E-state index contributed by atoms with van der Waals surface area (Å²) in [5, 5.41) is 5.83. The van der Waals surface area contributed by atoms with Gasteiger partial charge >= 0.3 is 0 Å². The molecule has 3 aromatic carbocycles. The average Bonchev–Trinajstić information content (AvgIpc) is 2.54. The van der Waals surface area contributed by atoms with Gasteiger partial charge in [-0.25, -0.2) is 0 Å². The monoisotopic (exact) mass is 302 g/mol. The van der Waals surface area contributed by atoms with Gasteiger partial charge in [0.1, 0.15) is 0 Å². The molecule has 4 rings (SSSR count). The van der Waals surface area contributed by atoms with E-state index in [9.17, 15) is 4.79 Å². The first-order valence-electron chi connectivity index (χ1n) is 7.81. The van der Waals surface area contributed by atoms with Crippen LogP contribution in [0.2, 0.25) is 0 Å². The Kier molecular flexibility index (Phi) is 3.17. The minimum absolute atomic E-state index is 0.202. The van der Waals surface area contributed by atoms with Gasteiger partial charge < -0.3 is 11.1 Å². The van der Waals surface area contributed by atoms with E-state index in [4.69, 9.17) is 5.73 Å². The number of hydrogen-bond donors (Lipinski definition) is 2.